The molecule has 0 saturated heterocycles. The number of hydrogen-bond acceptors (Lipinski definition) is 7. The lowest BCUT2D eigenvalue weighted by Crippen LogP contribution is -2.16. The first-order chi connectivity index (χ1) is 9.65. The minimum atomic E-state index is -0.448. The van der Waals surface area contributed by atoms with Crippen LogP contribution in [0.4, 0.5) is 5.82 Å². The molecule has 2 N–H and O–H groups in total. The van der Waals surface area contributed by atoms with Gasteiger partial charge in [-0.3, -0.25) is 0 Å². The molecule has 0 aliphatic heterocycles. The summed E-state index contributed by atoms with van der Waals surface area (Å²) in [5, 5.41) is 18.3. The molecular formula is C12H19N5O2S. The fourth-order valence-electron chi connectivity index (χ4n) is 1.68. The van der Waals surface area contributed by atoms with Crippen molar-refractivity contribution in [2.75, 3.05) is 24.7 Å². The van der Waals surface area contributed by atoms with Crippen molar-refractivity contribution in [1.82, 2.24) is 19.7 Å². The monoisotopic (exact) mass is 297 g/mol. The maximum atomic E-state index is 9.38. The Morgan fingerprint density at radius 2 is 2.30 bits per heavy atom. The Balaban J connectivity index is 2.37. The summed E-state index contributed by atoms with van der Waals surface area (Å²) in [6.45, 7) is 5.06. The number of anilines is 1. The molecule has 0 fully saturated rings. The lowest BCUT2D eigenvalue weighted by Gasteiger charge is -2.10. The van der Waals surface area contributed by atoms with Gasteiger partial charge in [0.25, 0.3) is 0 Å². The SMILES string of the molecule is CCOCn1ncc2c(NC[C@H](C)O)nc(SC)nc21. The molecule has 20 heavy (non-hydrogen) atoms. The van der Waals surface area contributed by atoms with Gasteiger partial charge in [-0.2, -0.15) is 5.10 Å². The summed E-state index contributed by atoms with van der Waals surface area (Å²) >= 11 is 1.46. The zero-order valence-corrected chi connectivity index (χ0v) is 12.6. The van der Waals surface area contributed by atoms with Crippen LogP contribution in [0.25, 0.3) is 11.0 Å². The average molecular weight is 297 g/mol. The Morgan fingerprint density at radius 3 is 2.95 bits per heavy atom. The predicted octanol–water partition coefficient (Wildman–Crippen LogP) is 1.33. The molecule has 110 valence electrons. The first-order valence-corrected chi connectivity index (χ1v) is 7.65. The van der Waals surface area contributed by atoms with Crippen LogP contribution in [0, 0.1) is 0 Å². The number of hydrogen-bond donors (Lipinski definition) is 2. The van der Waals surface area contributed by atoms with Crippen molar-refractivity contribution < 1.29 is 9.84 Å². The third-order valence-electron chi connectivity index (χ3n) is 2.64. The Bertz CT molecular complexity index is 572. The van der Waals surface area contributed by atoms with Crippen molar-refractivity contribution in [2.24, 2.45) is 0 Å². The summed E-state index contributed by atoms with van der Waals surface area (Å²) < 4.78 is 7.07. The van der Waals surface area contributed by atoms with Crippen molar-refractivity contribution in [2.45, 2.75) is 31.8 Å². The summed E-state index contributed by atoms with van der Waals surface area (Å²) in [7, 11) is 0. The number of rotatable bonds is 7. The van der Waals surface area contributed by atoms with E-state index in [-0.39, 0.29) is 0 Å². The van der Waals surface area contributed by atoms with E-state index in [4.69, 9.17) is 4.74 Å². The summed E-state index contributed by atoms with van der Waals surface area (Å²) in [5.41, 5.74) is 0.728. The Kier molecular flexibility index (Phi) is 5.16. The second-order valence-corrected chi connectivity index (χ2v) is 5.07. The summed E-state index contributed by atoms with van der Waals surface area (Å²) in [5.74, 6) is 0.683. The van der Waals surface area contributed by atoms with Gasteiger partial charge in [0.15, 0.2) is 10.8 Å². The van der Waals surface area contributed by atoms with Crippen molar-refractivity contribution in [1.29, 1.82) is 0 Å². The molecule has 0 aliphatic carbocycles. The van der Waals surface area contributed by atoms with E-state index in [1.807, 2.05) is 13.2 Å². The molecule has 0 saturated carbocycles. The molecule has 7 nitrogen and oxygen atoms in total. The van der Waals surface area contributed by atoms with Crippen LogP contribution in [0.1, 0.15) is 13.8 Å². The predicted molar refractivity (Wildman–Crippen MR) is 78.9 cm³/mol. The zero-order valence-electron chi connectivity index (χ0n) is 11.8. The molecule has 2 heterocycles. The number of aliphatic hydroxyl groups excluding tert-OH is 1. The van der Waals surface area contributed by atoms with Gasteiger partial charge in [0, 0.05) is 13.2 Å². The number of ether oxygens (including phenoxy) is 1. The van der Waals surface area contributed by atoms with E-state index in [2.05, 4.69) is 20.4 Å². The third kappa shape index (κ3) is 3.38. The zero-order chi connectivity index (χ0) is 14.5. The third-order valence-corrected chi connectivity index (χ3v) is 3.19. The van der Waals surface area contributed by atoms with E-state index >= 15 is 0 Å². The highest BCUT2D eigenvalue weighted by Crippen LogP contribution is 2.23. The lowest BCUT2D eigenvalue weighted by atomic mass is 10.3. The molecule has 2 rings (SSSR count). The topological polar surface area (TPSA) is 85.1 Å². The van der Waals surface area contributed by atoms with E-state index in [0.717, 1.165) is 11.0 Å². The van der Waals surface area contributed by atoms with Gasteiger partial charge in [0.2, 0.25) is 0 Å². The summed E-state index contributed by atoms with van der Waals surface area (Å²) in [4.78, 5) is 8.88. The van der Waals surface area contributed by atoms with E-state index in [9.17, 15) is 5.11 Å². The molecular weight excluding hydrogens is 278 g/mol. The Labute approximate surface area is 121 Å². The standard InChI is InChI=1S/C12H19N5O2S/c1-4-19-7-17-11-9(6-14-17)10(13-5-8(2)18)15-12(16-11)20-3/h6,8,18H,4-5,7H2,1-3H3,(H,13,15,16)/t8-/m0/s1. The summed E-state index contributed by atoms with van der Waals surface area (Å²) in [6, 6.07) is 0. The van der Waals surface area contributed by atoms with Crippen LogP contribution in [-0.4, -0.2) is 50.4 Å². The molecule has 0 unspecified atom stereocenters. The molecule has 0 radical (unpaired) electrons. The van der Waals surface area contributed by atoms with E-state index < -0.39 is 6.10 Å². The number of nitrogens with zero attached hydrogens (tertiary/aromatic N) is 4. The van der Waals surface area contributed by atoms with Crippen LogP contribution in [0.2, 0.25) is 0 Å². The number of nitrogens with one attached hydrogen (secondary N) is 1. The van der Waals surface area contributed by atoms with Crippen molar-refractivity contribution >= 4 is 28.6 Å². The highest BCUT2D eigenvalue weighted by molar-refractivity contribution is 7.98. The minimum Gasteiger partial charge on any atom is -0.392 e. The maximum Gasteiger partial charge on any atom is 0.191 e. The normalized spacial score (nSPS) is 12.8. The number of thioether (sulfide) groups is 1. The molecule has 0 aromatic carbocycles. The van der Waals surface area contributed by atoms with Crippen LogP contribution in [0.3, 0.4) is 0 Å². The molecule has 2 aromatic rings. The highest BCUT2D eigenvalue weighted by atomic mass is 32.2. The lowest BCUT2D eigenvalue weighted by molar-refractivity contribution is 0.0818. The maximum absolute atomic E-state index is 9.38. The van der Waals surface area contributed by atoms with Gasteiger partial charge in [0.1, 0.15) is 12.5 Å². The Morgan fingerprint density at radius 1 is 1.50 bits per heavy atom. The number of fused-ring (bicyclic) bond motifs is 1. The van der Waals surface area contributed by atoms with Gasteiger partial charge in [-0.25, -0.2) is 14.6 Å². The molecule has 0 amide bonds. The second-order valence-electron chi connectivity index (χ2n) is 4.29. The van der Waals surface area contributed by atoms with Crippen LogP contribution in [0.15, 0.2) is 11.4 Å². The number of aliphatic hydroxyl groups is 1. The quantitative estimate of drug-likeness (QED) is 0.589. The molecule has 8 heteroatoms. The molecule has 0 spiro atoms. The average Bonchev–Trinajstić information content (AvgIpc) is 2.85. The molecule has 0 bridgehead atoms. The van der Waals surface area contributed by atoms with Crippen molar-refractivity contribution in [3.05, 3.63) is 6.20 Å². The van der Waals surface area contributed by atoms with Gasteiger partial charge < -0.3 is 15.2 Å². The fraction of sp³-hybridized carbons (Fsp3) is 0.583. The molecule has 0 aliphatic rings. The van der Waals surface area contributed by atoms with Crippen molar-refractivity contribution in [3.63, 3.8) is 0 Å². The largest absolute Gasteiger partial charge is 0.392 e. The first kappa shape index (κ1) is 15.0. The van der Waals surface area contributed by atoms with Gasteiger partial charge in [-0.1, -0.05) is 11.8 Å². The van der Waals surface area contributed by atoms with E-state index in [1.165, 1.54) is 11.8 Å². The fourth-order valence-corrected chi connectivity index (χ4v) is 2.04. The molecule has 2 aromatic heterocycles. The van der Waals surface area contributed by atoms with Crippen LogP contribution >= 0.6 is 11.8 Å². The Hall–Kier alpha value is -1.38. The first-order valence-electron chi connectivity index (χ1n) is 6.43. The van der Waals surface area contributed by atoms with Crippen LogP contribution in [0.5, 0.6) is 0 Å². The van der Waals surface area contributed by atoms with Crippen molar-refractivity contribution in [3.8, 4) is 0 Å². The summed E-state index contributed by atoms with van der Waals surface area (Å²) in [6.07, 6.45) is 3.18. The second kappa shape index (κ2) is 6.87. The van der Waals surface area contributed by atoms with Crippen LogP contribution in [-0.2, 0) is 11.5 Å². The van der Waals surface area contributed by atoms with Crippen LogP contribution < -0.4 is 5.32 Å². The van der Waals surface area contributed by atoms with Gasteiger partial charge in [0.05, 0.1) is 17.7 Å². The number of aromatic nitrogens is 4. The van der Waals surface area contributed by atoms with E-state index in [0.29, 0.717) is 30.9 Å². The smallest absolute Gasteiger partial charge is 0.191 e. The van der Waals surface area contributed by atoms with Gasteiger partial charge in [-0.05, 0) is 20.1 Å². The molecule has 1 atom stereocenters. The highest BCUT2D eigenvalue weighted by Gasteiger charge is 2.13. The van der Waals surface area contributed by atoms with E-state index in [1.54, 1.807) is 17.8 Å². The minimum absolute atomic E-state index is 0.362. The van der Waals surface area contributed by atoms with Gasteiger partial charge in [-0.15, -0.1) is 0 Å². The van der Waals surface area contributed by atoms with Gasteiger partial charge >= 0.3 is 0 Å².